The largest absolute Gasteiger partial charge is 0.374 e. The second kappa shape index (κ2) is 6.90. The molecule has 1 rings (SSSR count). The quantitative estimate of drug-likeness (QED) is 0.396. The minimum atomic E-state index is -2.97. The number of hydrogen-bond acceptors (Lipinski definition) is 4. The molecule has 1 saturated heterocycles. The van der Waals surface area contributed by atoms with Gasteiger partial charge in [-0.2, -0.15) is 0 Å². The lowest BCUT2D eigenvalue weighted by atomic mass is 10.1. The molecule has 0 aliphatic carbocycles. The van der Waals surface area contributed by atoms with Gasteiger partial charge in [0.25, 0.3) is 0 Å². The summed E-state index contributed by atoms with van der Waals surface area (Å²) in [6, 6.07) is 0. The van der Waals surface area contributed by atoms with Crippen molar-refractivity contribution in [2.75, 3.05) is 24.7 Å². The summed E-state index contributed by atoms with van der Waals surface area (Å²) in [6.45, 7) is 6.42. The molecule has 1 fully saturated rings. The second-order valence-electron chi connectivity index (χ2n) is 5.21. The Morgan fingerprint density at radius 2 is 2.11 bits per heavy atom. The lowest BCUT2D eigenvalue weighted by Crippen LogP contribution is -2.45. The van der Waals surface area contributed by atoms with Gasteiger partial charge in [0.2, 0.25) is 0 Å². The molecule has 1 unspecified atom stereocenters. The zero-order valence-corrected chi connectivity index (χ0v) is 14.1. The molecule has 3 N–H and O–H groups in total. The first kappa shape index (κ1) is 17.9. The maximum absolute atomic E-state index is 11.4. The van der Waals surface area contributed by atoms with Crippen LogP contribution in [-0.4, -0.2) is 50.7 Å². The number of ether oxygens (including phenoxy) is 1. The van der Waals surface area contributed by atoms with Crippen molar-refractivity contribution < 1.29 is 13.2 Å². The Labute approximate surface area is 126 Å². The summed E-state index contributed by atoms with van der Waals surface area (Å²) in [6.07, 6.45) is -0.380. The van der Waals surface area contributed by atoms with Gasteiger partial charge in [0.05, 0.1) is 30.8 Å². The third-order valence-corrected chi connectivity index (χ3v) is 3.82. The van der Waals surface area contributed by atoms with Crippen LogP contribution in [0.3, 0.4) is 0 Å². The first-order chi connectivity index (χ1) is 7.68. The molecule has 0 aromatic heterocycles. The summed E-state index contributed by atoms with van der Waals surface area (Å²) in [7, 11) is -2.97. The van der Waals surface area contributed by atoms with Gasteiger partial charge in [-0.25, -0.2) is 8.42 Å². The van der Waals surface area contributed by atoms with Crippen LogP contribution < -0.4 is 11.1 Å². The van der Waals surface area contributed by atoms with Crippen LogP contribution in [0.4, 0.5) is 0 Å². The van der Waals surface area contributed by atoms with Crippen molar-refractivity contribution in [3.8, 4) is 0 Å². The fraction of sp³-hybridized carbons (Fsp3) is 0.900. The van der Waals surface area contributed by atoms with Crippen molar-refractivity contribution in [1.29, 1.82) is 0 Å². The Morgan fingerprint density at radius 3 is 2.61 bits per heavy atom. The maximum Gasteiger partial charge on any atom is 0.189 e. The summed E-state index contributed by atoms with van der Waals surface area (Å²) < 4.78 is 28.0. The number of sulfone groups is 1. The van der Waals surface area contributed by atoms with E-state index in [0.717, 1.165) is 0 Å². The first-order valence-corrected chi connectivity index (χ1v) is 7.40. The lowest BCUT2D eigenvalue weighted by Gasteiger charge is -2.23. The van der Waals surface area contributed by atoms with E-state index in [1.165, 1.54) is 0 Å². The minimum Gasteiger partial charge on any atom is -0.374 e. The van der Waals surface area contributed by atoms with E-state index in [-0.39, 0.29) is 60.3 Å². The fourth-order valence-electron chi connectivity index (χ4n) is 1.49. The maximum atomic E-state index is 11.4. The number of nitrogens with two attached hydrogens (primary N) is 1. The average molecular weight is 391 g/mol. The Morgan fingerprint density at radius 1 is 1.50 bits per heavy atom. The van der Waals surface area contributed by atoms with Crippen molar-refractivity contribution in [2.24, 2.45) is 10.7 Å². The Kier molecular flexibility index (Phi) is 6.86. The number of hydrogen-bond donors (Lipinski definition) is 2. The smallest absolute Gasteiger partial charge is 0.189 e. The molecule has 0 aromatic carbocycles. The van der Waals surface area contributed by atoms with Crippen molar-refractivity contribution >= 4 is 39.8 Å². The van der Waals surface area contributed by atoms with E-state index in [9.17, 15) is 8.42 Å². The highest BCUT2D eigenvalue weighted by molar-refractivity contribution is 14.0. The van der Waals surface area contributed by atoms with Crippen molar-refractivity contribution in [2.45, 2.75) is 32.4 Å². The number of guanidine groups is 1. The fourth-order valence-corrected chi connectivity index (χ4v) is 2.77. The highest BCUT2D eigenvalue weighted by atomic mass is 127. The van der Waals surface area contributed by atoms with Crippen LogP contribution >= 0.6 is 24.0 Å². The number of rotatable bonds is 2. The van der Waals surface area contributed by atoms with E-state index in [1.54, 1.807) is 0 Å². The van der Waals surface area contributed by atoms with Gasteiger partial charge in [-0.3, -0.25) is 4.99 Å². The van der Waals surface area contributed by atoms with Gasteiger partial charge >= 0.3 is 0 Å². The van der Waals surface area contributed by atoms with E-state index in [1.807, 2.05) is 20.8 Å². The van der Waals surface area contributed by atoms with Crippen LogP contribution in [0, 0.1) is 0 Å². The normalized spacial score (nSPS) is 24.2. The van der Waals surface area contributed by atoms with E-state index in [4.69, 9.17) is 10.5 Å². The number of aliphatic imine (C=N–C) groups is 1. The summed E-state index contributed by atoms with van der Waals surface area (Å²) >= 11 is 0. The number of halogens is 1. The molecule has 1 aliphatic heterocycles. The lowest BCUT2D eigenvalue weighted by molar-refractivity contribution is 0.0782. The standard InChI is InChI=1S/C10H21N3O3S.HI/c1-10(2,3)13-9(11)12-6-8-7-17(14,15)5-4-16-8;/h8H,4-7H2,1-3H3,(H3,11,12,13);1H. The Bertz CT molecular complexity index is 390. The van der Waals surface area contributed by atoms with Crippen LogP contribution in [0.1, 0.15) is 20.8 Å². The monoisotopic (exact) mass is 391 g/mol. The van der Waals surface area contributed by atoms with Gasteiger partial charge in [0.1, 0.15) is 0 Å². The van der Waals surface area contributed by atoms with Gasteiger partial charge in [0.15, 0.2) is 15.8 Å². The molecule has 0 amide bonds. The molecule has 0 bridgehead atoms. The SMILES string of the molecule is CC(C)(C)NC(N)=NCC1CS(=O)(=O)CCO1.I. The highest BCUT2D eigenvalue weighted by Crippen LogP contribution is 2.07. The van der Waals surface area contributed by atoms with Gasteiger partial charge < -0.3 is 15.8 Å². The zero-order valence-electron chi connectivity index (χ0n) is 11.0. The summed E-state index contributed by atoms with van der Waals surface area (Å²) in [5, 5.41) is 3.00. The van der Waals surface area contributed by atoms with E-state index in [0.29, 0.717) is 5.96 Å². The molecule has 1 aliphatic rings. The zero-order chi connectivity index (χ0) is 13.1. The molecule has 1 heterocycles. The third-order valence-electron chi connectivity index (χ3n) is 2.16. The third kappa shape index (κ3) is 7.37. The van der Waals surface area contributed by atoms with Gasteiger partial charge in [-0.05, 0) is 20.8 Å². The minimum absolute atomic E-state index is 0. The molecular formula is C10H22IN3O3S. The van der Waals surface area contributed by atoms with Gasteiger partial charge in [0, 0.05) is 5.54 Å². The molecule has 0 spiro atoms. The Balaban J connectivity index is 0.00000289. The predicted molar refractivity (Wildman–Crippen MR) is 83.2 cm³/mol. The van der Waals surface area contributed by atoms with Crippen LogP contribution in [0.15, 0.2) is 4.99 Å². The van der Waals surface area contributed by atoms with Crippen LogP contribution in [0.2, 0.25) is 0 Å². The molecule has 1 atom stereocenters. The molecular weight excluding hydrogens is 369 g/mol. The molecule has 0 saturated carbocycles. The molecule has 0 radical (unpaired) electrons. The topological polar surface area (TPSA) is 93.8 Å². The summed E-state index contributed by atoms with van der Waals surface area (Å²) in [5.41, 5.74) is 5.52. The average Bonchev–Trinajstić information content (AvgIpc) is 2.10. The van der Waals surface area contributed by atoms with Crippen LogP contribution in [0.25, 0.3) is 0 Å². The number of nitrogens with zero attached hydrogens (tertiary/aromatic N) is 1. The highest BCUT2D eigenvalue weighted by Gasteiger charge is 2.25. The number of nitrogens with one attached hydrogen (secondary N) is 1. The molecule has 8 heteroatoms. The van der Waals surface area contributed by atoms with E-state index < -0.39 is 9.84 Å². The van der Waals surface area contributed by atoms with Crippen LogP contribution in [0.5, 0.6) is 0 Å². The molecule has 18 heavy (non-hydrogen) atoms. The van der Waals surface area contributed by atoms with Crippen LogP contribution in [-0.2, 0) is 14.6 Å². The van der Waals surface area contributed by atoms with Crippen molar-refractivity contribution in [3.63, 3.8) is 0 Å². The Hall–Kier alpha value is -0.0900. The predicted octanol–water partition coefficient (Wildman–Crippen LogP) is 0.121. The summed E-state index contributed by atoms with van der Waals surface area (Å²) in [4.78, 5) is 4.09. The van der Waals surface area contributed by atoms with E-state index >= 15 is 0 Å². The molecule has 6 nitrogen and oxygen atoms in total. The molecule has 0 aromatic rings. The van der Waals surface area contributed by atoms with Gasteiger partial charge in [-0.1, -0.05) is 0 Å². The van der Waals surface area contributed by atoms with Crippen molar-refractivity contribution in [1.82, 2.24) is 5.32 Å². The van der Waals surface area contributed by atoms with Crippen molar-refractivity contribution in [3.05, 3.63) is 0 Å². The van der Waals surface area contributed by atoms with E-state index in [2.05, 4.69) is 10.3 Å². The summed E-state index contributed by atoms with van der Waals surface area (Å²) in [5.74, 6) is 0.437. The molecule has 108 valence electrons. The van der Waals surface area contributed by atoms with Gasteiger partial charge in [-0.15, -0.1) is 24.0 Å². The first-order valence-electron chi connectivity index (χ1n) is 5.58. The second-order valence-corrected chi connectivity index (χ2v) is 7.44.